The molecule has 5 heteroatoms. The van der Waals surface area contributed by atoms with Gasteiger partial charge in [-0.05, 0) is 41.5 Å². The fraction of sp³-hybridized carbons (Fsp3) is 0.0417. The van der Waals surface area contributed by atoms with Crippen molar-refractivity contribution in [1.82, 2.24) is 9.97 Å². The Morgan fingerprint density at radius 1 is 0.897 bits per heavy atom. The summed E-state index contributed by atoms with van der Waals surface area (Å²) in [7, 11) is 0. The Kier molecular flexibility index (Phi) is 5.17. The van der Waals surface area contributed by atoms with Crippen molar-refractivity contribution in [2.45, 2.75) is 6.61 Å². The number of pyridine rings is 2. The summed E-state index contributed by atoms with van der Waals surface area (Å²) in [5.41, 5.74) is 10.4. The van der Waals surface area contributed by atoms with E-state index in [0.29, 0.717) is 34.9 Å². The number of ether oxygens (including phenoxy) is 1. The molecule has 0 atom stereocenters. The van der Waals surface area contributed by atoms with Crippen LogP contribution in [0.25, 0.3) is 22.5 Å². The summed E-state index contributed by atoms with van der Waals surface area (Å²) in [6.45, 7) is 0.465. The van der Waals surface area contributed by atoms with Gasteiger partial charge in [0.1, 0.15) is 29.8 Å². The Morgan fingerprint density at radius 2 is 1.72 bits per heavy atom. The minimum absolute atomic E-state index is 0.182. The van der Waals surface area contributed by atoms with Gasteiger partial charge in [0.15, 0.2) is 0 Å². The zero-order valence-corrected chi connectivity index (χ0v) is 15.6. The van der Waals surface area contributed by atoms with Crippen molar-refractivity contribution in [2.75, 3.05) is 5.73 Å². The summed E-state index contributed by atoms with van der Waals surface area (Å²) >= 11 is 0. The zero-order chi connectivity index (χ0) is 20.1. The van der Waals surface area contributed by atoms with Crippen LogP contribution in [-0.4, -0.2) is 9.97 Å². The van der Waals surface area contributed by atoms with E-state index in [-0.39, 0.29) is 5.82 Å². The van der Waals surface area contributed by atoms with Gasteiger partial charge in [0, 0.05) is 11.8 Å². The van der Waals surface area contributed by atoms with Gasteiger partial charge in [0.25, 0.3) is 0 Å². The molecule has 2 aromatic carbocycles. The zero-order valence-electron chi connectivity index (χ0n) is 15.6. The van der Waals surface area contributed by atoms with Crippen molar-refractivity contribution in [1.29, 1.82) is 5.26 Å². The molecule has 0 amide bonds. The number of hydrogen-bond acceptors (Lipinski definition) is 5. The van der Waals surface area contributed by atoms with E-state index in [2.05, 4.69) is 16.0 Å². The van der Waals surface area contributed by atoms with Crippen molar-refractivity contribution in [2.24, 2.45) is 0 Å². The number of anilines is 1. The Morgan fingerprint density at radius 3 is 2.48 bits per heavy atom. The highest BCUT2D eigenvalue weighted by Gasteiger charge is 2.14. The molecule has 2 N–H and O–H groups in total. The molecule has 5 nitrogen and oxygen atoms in total. The molecule has 0 aliphatic rings. The van der Waals surface area contributed by atoms with E-state index >= 15 is 0 Å². The van der Waals surface area contributed by atoms with Crippen molar-refractivity contribution in [3.05, 3.63) is 96.2 Å². The van der Waals surface area contributed by atoms with Gasteiger partial charge < -0.3 is 10.5 Å². The van der Waals surface area contributed by atoms with Crippen molar-refractivity contribution < 1.29 is 4.74 Å². The SMILES string of the molecule is N#Cc1c(-c2cccc(OCc3ccccc3)c2)cc(-c2ccccn2)nc1N. The second-order valence-electron chi connectivity index (χ2n) is 6.44. The molecule has 2 heterocycles. The molecule has 0 fully saturated rings. The van der Waals surface area contributed by atoms with Gasteiger partial charge in [-0.25, -0.2) is 4.98 Å². The van der Waals surface area contributed by atoms with Crippen LogP contribution in [0.3, 0.4) is 0 Å². The molecule has 29 heavy (non-hydrogen) atoms. The highest BCUT2D eigenvalue weighted by molar-refractivity contribution is 5.80. The number of nitriles is 1. The number of nitrogens with two attached hydrogens (primary N) is 1. The molecule has 4 rings (SSSR count). The van der Waals surface area contributed by atoms with Crippen LogP contribution in [0.5, 0.6) is 5.75 Å². The van der Waals surface area contributed by atoms with E-state index in [0.717, 1.165) is 11.1 Å². The molecule has 0 aliphatic heterocycles. The van der Waals surface area contributed by atoms with E-state index < -0.39 is 0 Å². The molecule has 0 bridgehead atoms. The van der Waals surface area contributed by atoms with Crippen LogP contribution in [0.2, 0.25) is 0 Å². The van der Waals surface area contributed by atoms with Crippen LogP contribution in [0.4, 0.5) is 5.82 Å². The number of rotatable bonds is 5. The normalized spacial score (nSPS) is 10.3. The molecule has 0 unspecified atom stereocenters. The predicted molar refractivity (Wildman–Crippen MR) is 113 cm³/mol. The average Bonchev–Trinajstić information content (AvgIpc) is 2.78. The Bertz CT molecular complexity index is 1170. The molecule has 0 saturated carbocycles. The maximum Gasteiger partial charge on any atom is 0.142 e. The van der Waals surface area contributed by atoms with Crippen molar-refractivity contribution >= 4 is 5.82 Å². The number of hydrogen-bond donors (Lipinski definition) is 1. The molecule has 4 aromatic rings. The number of nitrogen functional groups attached to an aromatic ring is 1. The van der Waals surface area contributed by atoms with E-state index in [1.807, 2.05) is 78.9 Å². The van der Waals surface area contributed by atoms with E-state index in [4.69, 9.17) is 10.5 Å². The minimum atomic E-state index is 0.182. The Balaban J connectivity index is 1.70. The molecule has 0 aliphatic carbocycles. The summed E-state index contributed by atoms with van der Waals surface area (Å²) in [4.78, 5) is 8.70. The minimum Gasteiger partial charge on any atom is -0.489 e. The highest BCUT2D eigenvalue weighted by atomic mass is 16.5. The second-order valence-corrected chi connectivity index (χ2v) is 6.44. The molecule has 0 saturated heterocycles. The van der Waals surface area contributed by atoms with Crippen LogP contribution in [0.15, 0.2) is 85.1 Å². The van der Waals surface area contributed by atoms with Crippen LogP contribution < -0.4 is 10.5 Å². The number of benzene rings is 2. The van der Waals surface area contributed by atoms with Crippen molar-refractivity contribution in [3.63, 3.8) is 0 Å². The standard InChI is InChI=1S/C24H18N4O/c25-15-21-20(14-23(28-24(21)26)22-11-4-5-12-27-22)18-9-6-10-19(13-18)29-16-17-7-2-1-3-8-17/h1-14H,16H2,(H2,26,28). The predicted octanol–water partition coefficient (Wildman–Crippen LogP) is 4.84. The van der Waals surface area contributed by atoms with Gasteiger partial charge in [-0.15, -0.1) is 0 Å². The Labute approximate surface area is 169 Å². The van der Waals surface area contributed by atoms with Gasteiger partial charge in [-0.3, -0.25) is 4.98 Å². The van der Waals surface area contributed by atoms with Crippen LogP contribution in [0.1, 0.15) is 11.1 Å². The van der Waals surface area contributed by atoms with Gasteiger partial charge in [-0.2, -0.15) is 5.26 Å². The third kappa shape index (κ3) is 4.07. The largest absolute Gasteiger partial charge is 0.489 e. The fourth-order valence-corrected chi connectivity index (χ4v) is 3.05. The second kappa shape index (κ2) is 8.24. The van der Waals surface area contributed by atoms with Crippen LogP contribution in [0, 0.1) is 11.3 Å². The quantitative estimate of drug-likeness (QED) is 0.537. The van der Waals surface area contributed by atoms with Gasteiger partial charge in [0.05, 0.1) is 11.4 Å². The first kappa shape index (κ1) is 18.2. The third-order valence-corrected chi connectivity index (χ3v) is 4.48. The monoisotopic (exact) mass is 378 g/mol. The molecule has 140 valence electrons. The van der Waals surface area contributed by atoms with Gasteiger partial charge in [0.2, 0.25) is 0 Å². The molecule has 0 radical (unpaired) electrons. The van der Waals surface area contributed by atoms with E-state index in [9.17, 15) is 5.26 Å². The maximum atomic E-state index is 9.63. The fourth-order valence-electron chi connectivity index (χ4n) is 3.05. The molecule has 2 aromatic heterocycles. The molecule has 0 spiro atoms. The average molecular weight is 378 g/mol. The number of aromatic nitrogens is 2. The first-order valence-electron chi connectivity index (χ1n) is 9.14. The lowest BCUT2D eigenvalue weighted by molar-refractivity contribution is 0.306. The summed E-state index contributed by atoms with van der Waals surface area (Å²) in [6.07, 6.45) is 1.70. The molecular formula is C24H18N4O. The smallest absolute Gasteiger partial charge is 0.142 e. The molecular weight excluding hydrogens is 360 g/mol. The first-order chi connectivity index (χ1) is 14.2. The first-order valence-corrected chi connectivity index (χ1v) is 9.14. The van der Waals surface area contributed by atoms with Crippen molar-refractivity contribution in [3.8, 4) is 34.3 Å². The maximum absolute atomic E-state index is 9.63. The number of nitrogens with zero attached hydrogens (tertiary/aromatic N) is 3. The lowest BCUT2D eigenvalue weighted by atomic mass is 9.99. The Hall–Kier alpha value is -4.17. The van der Waals surface area contributed by atoms with E-state index in [1.165, 1.54) is 0 Å². The summed E-state index contributed by atoms with van der Waals surface area (Å²) in [6, 6.07) is 27.2. The third-order valence-electron chi connectivity index (χ3n) is 4.48. The topological polar surface area (TPSA) is 84.8 Å². The van der Waals surface area contributed by atoms with Crippen LogP contribution >= 0.6 is 0 Å². The summed E-state index contributed by atoms with van der Waals surface area (Å²) in [5.74, 6) is 0.895. The lowest BCUT2D eigenvalue weighted by Gasteiger charge is -2.12. The summed E-state index contributed by atoms with van der Waals surface area (Å²) in [5, 5.41) is 9.63. The highest BCUT2D eigenvalue weighted by Crippen LogP contribution is 2.32. The van der Waals surface area contributed by atoms with Crippen LogP contribution in [-0.2, 0) is 6.61 Å². The summed E-state index contributed by atoms with van der Waals surface area (Å²) < 4.78 is 5.93. The van der Waals surface area contributed by atoms with Gasteiger partial charge in [-0.1, -0.05) is 48.5 Å². The lowest BCUT2D eigenvalue weighted by Crippen LogP contribution is -2.01. The van der Waals surface area contributed by atoms with Gasteiger partial charge >= 0.3 is 0 Å². The van der Waals surface area contributed by atoms with E-state index in [1.54, 1.807) is 6.20 Å².